The van der Waals surface area contributed by atoms with Gasteiger partial charge in [-0.15, -0.1) is 24.8 Å². The van der Waals surface area contributed by atoms with E-state index in [1.54, 1.807) is 0 Å². The zero-order valence-electron chi connectivity index (χ0n) is 14.4. The maximum absolute atomic E-state index is 4.94. The molecule has 1 fully saturated rings. The smallest absolute Gasteiger partial charge is 1.00 e. The van der Waals surface area contributed by atoms with Crippen LogP contribution >= 0.6 is 24.8 Å². The predicted molar refractivity (Wildman–Crippen MR) is 77.0 cm³/mol. The number of halogens is 2. The summed E-state index contributed by atoms with van der Waals surface area (Å²) < 4.78 is 4.94. The van der Waals surface area contributed by atoms with Crippen LogP contribution in [0.5, 0.6) is 0 Å². The molecule has 1 rings (SSSR count). The fraction of sp³-hybridized carbons (Fsp3) is 1.00. The molecule has 96 valence electrons. The van der Waals surface area contributed by atoms with Gasteiger partial charge in [-0.3, -0.25) is 0 Å². The van der Waals surface area contributed by atoms with E-state index in [9.17, 15) is 0 Å². The minimum Gasteiger partial charge on any atom is -1.00 e. The molecule has 0 aromatic rings. The molecule has 0 bridgehead atoms. The van der Waals surface area contributed by atoms with E-state index in [1.807, 2.05) is 0 Å². The van der Waals surface area contributed by atoms with Gasteiger partial charge in [-0.05, 0) is 12.8 Å². The number of hydrogen-bond acceptors (Lipinski definition) is 2. The van der Waals surface area contributed by atoms with Crippen molar-refractivity contribution in [2.24, 2.45) is 0 Å². The minimum absolute atomic E-state index is 0. The third-order valence-corrected chi connectivity index (χ3v) is 1.49. The Labute approximate surface area is 146 Å². The van der Waals surface area contributed by atoms with E-state index in [2.05, 4.69) is 33.0 Å². The Morgan fingerprint density at radius 3 is 1.31 bits per heavy atom. The van der Waals surface area contributed by atoms with Crippen molar-refractivity contribution in [3.63, 3.8) is 0 Å². The van der Waals surface area contributed by atoms with E-state index >= 15 is 0 Å². The maximum Gasteiger partial charge on any atom is 2.00 e. The van der Waals surface area contributed by atoms with E-state index in [1.165, 1.54) is 12.8 Å². The van der Waals surface area contributed by atoms with E-state index in [-0.39, 0.29) is 71.0 Å². The number of nitrogens with one attached hydrogen (secondary N) is 1. The zero-order chi connectivity index (χ0) is 9.40. The molecule has 0 aromatic carbocycles. The van der Waals surface area contributed by atoms with Crippen molar-refractivity contribution >= 4 is 47.9 Å². The van der Waals surface area contributed by atoms with Crippen molar-refractivity contribution in [2.75, 3.05) is 13.2 Å². The van der Waals surface area contributed by atoms with Crippen molar-refractivity contribution < 1.29 is 27.9 Å². The second kappa shape index (κ2) is 22.1. The monoisotopic (exact) mass is 279 g/mol. The van der Waals surface area contributed by atoms with Crippen molar-refractivity contribution in [3.8, 4) is 0 Å². The van der Waals surface area contributed by atoms with Crippen molar-refractivity contribution in [3.05, 3.63) is 0 Å². The molecule has 0 radical (unpaired) electrons. The van der Waals surface area contributed by atoms with Crippen molar-refractivity contribution in [2.45, 2.75) is 52.6 Å². The Morgan fingerprint density at radius 2 is 1.25 bits per heavy atom. The van der Waals surface area contributed by atoms with Gasteiger partial charge in [0.05, 0.1) is 0 Å². The first-order valence-electron chi connectivity index (χ1n) is 4.96. The van der Waals surface area contributed by atoms with Crippen LogP contribution in [0.4, 0.5) is 0 Å². The number of ether oxygens (including phenoxy) is 1. The molecule has 1 saturated heterocycles. The average molecular weight is 280 g/mol. The van der Waals surface area contributed by atoms with Gasteiger partial charge in [0.15, 0.2) is 0 Å². The van der Waals surface area contributed by atoms with Crippen molar-refractivity contribution in [1.29, 1.82) is 0 Å². The summed E-state index contributed by atoms with van der Waals surface area (Å²) in [6.45, 7) is 10.6. The van der Waals surface area contributed by atoms with E-state index < -0.39 is 0 Å². The number of hydrogen-bond donors (Lipinski definition) is 1. The molecule has 0 atom stereocenters. The summed E-state index contributed by atoms with van der Waals surface area (Å²) in [5.74, 6) is 0. The molecular weight excluding hydrogens is 252 g/mol. The van der Waals surface area contributed by atoms with Crippen molar-refractivity contribution in [1.82, 2.24) is 5.32 Å². The van der Waals surface area contributed by atoms with E-state index in [4.69, 9.17) is 4.74 Å². The van der Waals surface area contributed by atoms with Gasteiger partial charge in [0.25, 0.3) is 0 Å². The molecule has 0 aromatic heterocycles. The maximum atomic E-state index is 4.94. The first-order valence-corrected chi connectivity index (χ1v) is 4.96. The Kier molecular flexibility index (Phi) is 42.4. The molecule has 1 N–H and O–H groups in total. The largest absolute Gasteiger partial charge is 2.00 e. The van der Waals surface area contributed by atoms with Gasteiger partial charge in [-0.2, -0.15) is 0 Å². The summed E-state index contributed by atoms with van der Waals surface area (Å²) >= 11 is 0. The second-order valence-electron chi connectivity index (χ2n) is 3.80. The standard InChI is InChI=1S/C6H15N.C4H8O.2ClH.Li.Mg.3H/c1-5(2)7-6(3)4;1-2-4-5-3-1;;;;;;;/h5-7H,1-4H3;1-4H2;2*1H;;;;;/q;;;;+1;+2;3*-1. The fourth-order valence-electron chi connectivity index (χ4n) is 1.18. The first kappa shape index (κ1) is 30.7. The fourth-order valence-corrected chi connectivity index (χ4v) is 1.18. The van der Waals surface area contributed by atoms with E-state index in [0.29, 0.717) is 12.1 Å². The van der Waals surface area contributed by atoms with Crippen LogP contribution in [0.2, 0.25) is 0 Å². The van der Waals surface area contributed by atoms with Crippen LogP contribution in [0.1, 0.15) is 44.8 Å². The van der Waals surface area contributed by atoms with Gasteiger partial charge >= 0.3 is 41.9 Å². The normalized spacial score (nSPS) is 12.4. The van der Waals surface area contributed by atoms with Gasteiger partial charge < -0.3 is 14.3 Å². The molecule has 1 heterocycles. The molecule has 0 spiro atoms. The third kappa shape index (κ3) is 29.7. The summed E-state index contributed by atoms with van der Waals surface area (Å²) in [6.07, 6.45) is 2.56. The molecule has 0 aliphatic carbocycles. The van der Waals surface area contributed by atoms with Crippen LogP contribution in [0.15, 0.2) is 0 Å². The Morgan fingerprint density at radius 1 is 0.938 bits per heavy atom. The topological polar surface area (TPSA) is 21.3 Å². The molecule has 0 unspecified atom stereocenters. The van der Waals surface area contributed by atoms with Gasteiger partial charge in [-0.1, -0.05) is 27.7 Å². The molecule has 0 saturated carbocycles. The molecular formula is C10H28Cl2LiMgNO. The van der Waals surface area contributed by atoms with E-state index in [0.717, 1.165) is 13.2 Å². The Hall–Kier alpha value is 1.86. The third-order valence-electron chi connectivity index (χ3n) is 1.49. The van der Waals surface area contributed by atoms with Crippen LogP contribution in [-0.4, -0.2) is 48.4 Å². The summed E-state index contributed by atoms with van der Waals surface area (Å²) in [7, 11) is 0. The van der Waals surface area contributed by atoms with Crippen LogP contribution in [0.25, 0.3) is 0 Å². The van der Waals surface area contributed by atoms with Gasteiger partial charge in [-0.25, -0.2) is 0 Å². The average Bonchev–Trinajstić information content (AvgIpc) is 2.36. The first-order chi connectivity index (χ1) is 5.63. The summed E-state index contributed by atoms with van der Waals surface area (Å²) in [6, 6.07) is 1.25. The minimum atomic E-state index is 0. The molecule has 1 aliphatic rings. The molecule has 16 heavy (non-hydrogen) atoms. The molecule has 6 heteroatoms. The van der Waals surface area contributed by atoms with Crippen LogP contribution in [0.3, 0.4) is 0 Å². The second-order valence-corrected chi connectivity index (χ2v) is 3.80. The summed E-state index contributed by atoms with van der Waals surface area (Å²) in [5, 5.41) is 3.31. The molecule has 0 amide bonds. The summed E-state index contributed by atoms with van der Waals surface area (Å²) in [5.41, 5.74) is 0. The van der Waals surface area contributed by atoms with Crippen LogP contribution < -0.4 is 24.2 Å². The zero-order valence-corrected chi connectivity index (χ0v) is 14.5. The SMILES string of the molecule is C1CCOC1.CC(C)NC(C)C.Cl.Cl.[H-].[H-].[H-].[Li+].[Mg+2]. The van der Waals surface area contributed by atoms with Gasteiger partial charge in [0.2, 0.25) is 0 Å². The molecule has 2 nitrogen and oxygen atoms in total. The number of rotatable bonds is 2. The van der Waals surface area contributed by atoms with Crippen LogP contribution in [-0.2, 0) is 4.74 Å². The summed E-state index contributed by atoms with van der Waals surface area (Å²) in [4.78, 5) is 0. The Balaban J connectivity index is -0.0000000157. The quantitative estimate of drug-likeness (QED) is 0.719. The Bertz CT molecular complexity index is 105. The van der Waals surface area contributed by atoms with Gasteiger partial charge in [0, 0.05) is 25.3 Å². The van der Waals surface area contributed by atoms with Gasteiger partial charge in [0.1, 0.15) is 0 Å². The predicted octanol–water partition coefficient (Wildman–Crippen LogP) is -0.00610. The molecule has 1 aliphatic heterocycles. The van der Waals surface area contributed by atoms with Crippen LogP contribution in [0, 0.1) is 0 Å².